The van der Waals surface area contributed by atoms with E-state index in [-0.39, 0.29) is 30.7 Å². The van der Waals surface area contributed by atoms with Gasteiger partial charge in [-0.3, -0.25) is 9.59 Å². The van der Waals surface area contributed by atoms with Crippen molar-refractivity contribution in [1.82, 2.24) is 15.5 Å². The van der Waals surface area contributed by atoms with Crippen LogP contribution < -0.4 is 10.6 Å². The third-order valence-corrected chi connectivity index (χ3v) is 4.81. The second kappa shape index (κ2) is 7.53. The van der Waals surface area contributed by atoms with Crippen LogP contribution in [-0.4, -0.2) is 22.0 Å². The van der Waals surface area contributed by atoms with Crippen LogP contribution in [0.2, 0.25) is 0 Å². The first-order chi connectivity index (χ1) is 11.6. The Balaban J connectivity index is 1.49. The number of amides is 2. The maximum atomic E-state index is 12.2. The van der Waals surface area contributed by atoms with E-state index < -0.39 is 0 Å². The number of benzene rings is 1. The molecule has 7 heteroatoms. The van der Waals surface area contributed by atoms with Crippen LogP contribution in [0, 0.1) is 6.92 Å². The number of anilines is 1. The zero-order valence-corrected chi connectivity index (χ0v) is 14.4. The molecule has 24 heavy (non-hydrogen) atoms. The summed E-state index contributed by atoms with van der Waals surface area (Å²) in [4.78, 5) is 24.0. The monoisotopic (exact) mass is 344 g/mol. The van der Waals surface area contributed by atoms with Crippen LogP contribution in [-0.2, 0) is 16.0 Å². The van der Waals surface area contributed by atoms with Gasteiger partial charge in [0.25, 0.3) is 0 Å². The van der Waals surface area contributed by atoms with E-state index >= 15 is 0 Å². The van der Waals surface area contributed by atoms with Crippen LogP contribution in [0.3, 0.4) is 0 Å². The molecule has 0 spiro atoms. The molecule has 1 atom stereocenters. The first-order valence-electron chi connectivity index (χ1n) is 8.09. The Morgan fingerprint density at radius 2 is 2.00 bits per heavy atom. The lowest BCUT2D eigenvalue weighted by molar-refractivity contribution is -0.125. The van der Waals surface area contributed by atoms with E-state index in [4.69, 9.17) is 0 Å². The number of nitrogens with one attached hydrogen (secondary N) is 2. The molecule has 2 N–H and O–H groups in total. The second-order valence-electron chi connectivity index (χ2n) is 5.89. The molecule has 0 radical (unpaired) electrons. The SMILES string of the molecule is Cc1nnc(NC(=O)CCC(=O)NC2CCCc3ccccc32)s1. The molecule has 0 aliphatic heterocycles. The first-order valence-corrected chi connectivity index (χ1v) is 8.90. The summed E-state index contributed by atoms with van der Waals surface area (Å²) in [6.07, 6.45) is 3.38. The Morgan fingerprint density at radius 1 is 1.21 bits per heavy atom. The molecule has 1 aliphatic carbocycles. The van der Waals surface area contributed by atoms with E-state index in [0.717, 1.165) is 24.3 Å². The fourth-order valence-corrected chi connectivity index (χ4v) is 3.53. The minimum absolute atomic E-state index is 0.0522. The lowest BCUT2D eigenvalue weighted by Crippen LogP contribution is -2.31. The maximum absolute atomic E-state index is 12.2. The molecule has 1 aliphatic rings. The van der Waals surface area contributed by atoms with E-state index in [1.807, 2.05) is 19.1 Å². The van der Waals surface area contributed by atoms with Gasteiger partial charge in [0.1, 0.15) is 5.01 Å². The van der Waals surface area contributed by atoms with E-state index in [1.165, 1.54) is 22.5 Å². The fourth-order valence-electron chi connectivity index (χ4n) is 2.93. The zero-order valence-electron chi connectivity index (χ0n) is 13.5. The van der Waals surface area contributed by atoms with Gasteiger partial charge in [-0.15, -0.1) is 10.2 Å². The van der Waals surface area contributed by atoms with E-state index in [2.05, 4.69) is 33.0 Å². The van der Waals surface area contributed by atoms with Crippen molar-refractivity contribution in [1.29, 1.82) is 0 Å². The minimum Gasteiger partial charge on any atom is -0.349 e. The van der Waals surface area contributed by atoms with Gasteiger partial charge in [0, 0.05) is 12.8 Å². The van der Waals surface area contributed by atoms with Crippen LogP contribution in [0.4, 0.5) is 5.13 Å². The molecular weight excluding hydrogens is 324 g/mol. The quantitative estimate of drug-likeness (QED) is 0.873. The summed E-state index contributed by atoms with van der Waals surface area (Å²) in [6.45, 7) is 1.82. The molecule has 1 aromatic heterocycles. The van der Waals surface area contributed by atoms with Gasteiger partial charge in [-0.2, -0.15) is 0 Å². The highest BCUT2D eigenvalue weighted by atomic mass is 32.1. The van der Waals surface area contributed by atoms with Gasteiger partial charge in [0.15, 0.2) is 0 Å². The average molecular weight is 344 g/mol. The molecule has 1 unspecified atom stereocenters. The van der Waals surface area contributed by atoms with Crippen LogP contribution in [0.5, 0.6) is 0 Å². The third kappa shape index (κ3) is 4.17. The molecule has 0 fully saturated rings. The molecule has 0 saturated carbocycles. The summed E-state index contributed by atoms with van der Waals surface area (Å²) < 4.78 is 0. The van der Waals surface area contributed by atoms with Gasteiger partial charge in [-0.05, 0) is 37.3 Å². The summed E-state index contributed by atoms with van der Waals surface area (Å²) in [7, 11) is 0. The van der Waals surface area contributed by atoms with Gasteiger partial charge in [0.2, 0.25) is 16.9 Å². The average Bonchev–Trinajstić information content (AvgIpc) is 2.98. The zero-order chi connectivity index (χ0) is 16.9. The molecule has 0 saturated heterocycles. The van der Waals surface area contributed by atoms with Crippen molar-refractivity contribution in [2.75, 3.05) is 5.32 Å². The topological polar surface area (TPSA) is 84.0 Å². The number of hydrogen-bond acceptors (Lipinski definition) is 5. The summed E-state index contributed by atoms with van der Waals surface area (Å²) in [5.41, 5.74) is 2.50. The number of nitrogens with zero attached hydrogens (tertiary/aromatic N) is 2. The smallest absolute Gasteiger partial charge is 0.226 e. The number of rotatable bonds is 5. The summed E-state index contributed by atoms with van der Waals surface area (Å²) in [5, 5.41) is 14.7. The van der Waals surface area contributed by atoms with E-state index in [1.54, 1.807) is 0 Å². The third-order valence-electron chi connectivity index (χ3n) is 4.06. The molecule has 0 bridgehead atoms. The van der Waals surface area contributed by atoms with Crippen LogP contribution in [0.1, 0.15) is 47.9 Å². The first kappa shape index (κ1) is 16.6. The standard InChI is InChI=1S/C17H20N4O2S/c1-11-20-21-17(24-11)19-16(23)10-9-15(22)18-14-8-4-6-12-5-2-3-7-13(12)14/h2-3,5,7,14H,4,6,8-10H2,1H3,(H,18,22)(H,19,21,23). The number of carbonyl (C=O) groups is 2. The highest BCUT2D eigenvalue weighted by Gasteiger charge is 2.21. The number of fused-ring (bicyclic) bond motifs is 1. The summed E-state index contributed by atoms with van der Waals surface area (Å²) in [5.74, 6) is -0.314. The predicted molar refractivity (Wildman–Crippen MR) is 92.8 cm³/mol. The molecular formula is C17H20N4O2S. The largest absolute Gasteiger partial charge is 0.349 e. The highest BCUT2D eigenvalue weighted by molar-refractivity contribution is 7.15. The lowest BCUT2D eigenvalue weighted by Gasteiger charge is -2.26. The molecule has 1 heterocycles. The van der Waals surface area contributed by atoms with Crippen LogP contribution in [0.15, 0.2) is 24.3 Å². The summed E-state index contributed by atoms with van der Waals surface area (Å²) in [6, 6.07) is 8.27. The van der Waals surface area contributed by atoms with Gasteiger partial charge >= 0.3 is 0 Å². The van der Waals surface area contributed by atoms with Gasteiger partial charge in [-0.1, -0.05) is 35.6 Å². The number of carbonyl (C=O) groups excluding carboxylic acids is 2. The minimum atomic E-state index is -0.217. The second-order valence-corrected chi connectivity index (χ2v) is 7.07. The van der Waals surface area contributed by atoms with Crippen molar-refractivity contribution in [2.24, 2.45) is 0 Å². The molecule has 3 rings (SSSR count). The Morgan fingerprint density at radius 3 is 2.79 bits per heavy atom. The van der Waals surface area contributed by atoms with Crippen molar-refractivity contribution in [3.05, 3.63) is 40.4 Å². The molecule has 2 amide bonds. The predicted octanol–water partition coefficient (Wildman–Crippen LogP) is 2.76. The van der Waals surface area contributed by atoms with E-state index in [0.29, 0.717) is 5.13 Å². The molecule has 2 aromatic rings. The van der Waals surface area contributed by atoms with Gasteiger partial charge in [-0.25, -0.2) is 0 Å². The Kier molecular flexibility index (Phi) is 5.20. The lowest BCUT2D eigenvalue weighted by atomic mass is 9.87. The molecule has 6 nitrogen and oxygen atoms in total. The van der Waals surface area contributed by atoms with Crippen molar-refractivity contribution < 1.29 is 9.59 Å². The van der Waals surface area contributed by atoms with Crippen molar-refractivity contribution in [3.8, 4) is 0 Å². The highest BCUT2D eigenvalue weighted by Crippen LogP contribution is 2.29. The molecule has 126 valence electrons. The van der Waals surface area contributed by atoms with Crippen molar-refractivity contribution >= 4 is 28.3 Å². The fraction of sp³-hybridized carbons (Fsp3) is 0.412. The van der Waals surface area contributed by atoms with Crippen molar-refractivity contribution in [3.63, 3.8) is 0 Å². The van der Waals surface area contributed by atoms with Gasteiger partial charge < -0.3 is 10.6 Å². The summed E-state index contributed by atoms with van der Waals surface area (Å²) >= 11 is 1.32. The Bertz CT molecular complexity index is 744. The van der Waals surface area contributed by atoms with Gasteiger partial charge in [0.05, 0.1) is 6.04 Å². The Labute approximate surface area is 144 Å². The van der Waals surface area contributed by atoms with E-state index in [9.17, 15) is 9.59 Å². The molecule has 1 aromatic carbocycles. The number of aryl methyl sites for hydroxylation is 2. The van der Waals surface area contributed by atoms with Crippen LogP contribution in [0.25, 0.3) is 0 Å². The maximum Gasteiger partial charge on any atom is 0.226 e. The normalized spacial score (nSPS) is 16.3. The Hall–Kier alpha value is -2.28. The van der Waals surface area contributed by atoms with Crippen molar-refractivity contribution in [2.45, 2.75) is 45.1 Å². The number of hydrogen-bond donors (Lipinski definition) is 2. The number of aromatic nitrogens is 2. The van der Waals surface area contributed by atoms with Crippen LogP contribution >= 0.6 is 11.3 Å².